The van der Waals surface area contributed by atoms with Crippen LogP contribution >= 0.6 is 0 Å². The molecule has 0 radical (unpaired) electrons. The number of aromatic nitrogens is 1. The van der Waals surface area contributed by atoms with E-state index in [1.165, 1.54) is 12.8 Å². The standard InChI is InChI=1S/C12H15N3/c1-3-15(11-4-5-11)12-7-10(8-13)6-9(2)14-12/h6-7,11H,3-5H2,1-2H3. The minimum atomic E-state index is 0.649. The Balaban J connectivity index is 2.33. The molecule has 1 aliphatic rings. The number of hydrogen-bond acceptors (Lipinski definition) is 3. The monoisotopic (exact) mass is 201 g/mol. The molecule has 0 bridgehead atoms. The SMILES string of the molecule is CCN(c1cc(C#N)cc(C)n1)C1CC1. The van der Waals surface area contributed by atoms with Crippen molar-refractivity contribution >= 4 is 5.82 Å². The highest BCUT2D eigenvalue weighted by Gasteiger charge is 2.28. The van der Waals surface area contributed by atoms with Gasteiger partial charge in [0.2, 0.25) is 0 Å². The quantitative estimate of drug-likeness (QED) is 0.753. The third-order valence-corrected chi connectivity index (χ3v) is 2.69. The van der Waals surface area contributed by atoms with E-state index in [1.54, 1.807) is 0 Å². The lowest BCUT2D eigenvalue weighted by atomic mass is 10.2. The maximum Gasteiger partial charge on any atom is 0.130 e. The fourth-order valence-electron chi connectivity index (χ4n) is 1.86. The second kappa shape index (κ2) is 3.90. The van der Waals surface area contributed by atoms with Crippen LogP contribution in [0.3, 0.4) is 0 Å². The zero-order chi connectivity index (χ0) is 10.8. The first-order valence-electron chi connectivity index (χ1n) is 5.40. The Morgan fingerprint density at radius 1 is 1.53 bits per heavy atom. The molecule has 1 aliphatic carbocycles. The predicted molar refractivity (Wildman–Crippen MR) is 59.7 cm³/mol. The van der Waals surface area contributed by atoms with Crippen LogP contribution in [-0.2, 0) is 0 Å². The van der Waals surface area contributed by atoms with E-state index in [0.29, 0.717) is 11.6 Å². The maximum absolute atomic E-state index is 8.90. The normalized spacial score (nSPS) is 14.7. The summed E-state index contributed by atoms with van der Waals surface area (Å²) >= 11 is 0. The van der Waals surface area contributed by atoms with Gasteiger partial charge in [-0.1, -0.05) is 0 Å². The molecule has 0 N–H and O–H groups in total. The zero-order valence-corrected chi connectivity index (χ0v) is 9.20. The Morgan fingerprint density at radius 2 is 2.27 bits per heavy atom. The average Bonchev–Trinajstić information content (AvgIpc) is 3.02. The van der Waals surface area contributed by atoms with Gasteiger partial charge >= 0.3 is 0 Å². The molecule has 1 saturated carbocycles. The van der Waals surface area contributed by atoms with Gasteiger partial charge in [0.15, 0.2) is 0 Å². The van der Waals surface area contributed by atoms with Crippen LogP contribution in [0.1, 0.15) is 31.0 Å². The second-order valence-corrected chi connectivity index (χ2v) is 3.98. The van der Waals surface area contributed by atoms with Crippen LogP contribution in [0.5, 0.6) is 0 Å². The van der Waals surface area contributed by atoms with Crippen LogP contribution in [0.2, 0.25) is 0 Å². The van der Waals surface area contributed by atoms with Crippen molar-refractivity contribution in [2.75, 3.05) is 11.4 Å². The van der Waals surface area contributed by atoms with Gasteiger partial charge in [-0.3, -0.25) is 0 Å². The van der Waals surface area contributed by atoms with Gasteiger partial charge in [0.1, 0.15) is 5.82 Å². The van der Waals surface area contributed by atoms with Crippen molar-refractivity contribution in [3.8, 4) is 6.07 Å². The molecule has 2 rings (SSSR count). The van der Waals surface area contributed by atoms with Crippen LogP contribution in [0.25, 0.3) is 0 Å². The van der Waals surface area contributed by atoms with Gasteiger partial charge in [0, 0.05) is 18.3 Å². The van der Waals surface area contributed by atoms with E-state index in [0.717, 1.165) is 18.1 Å². The van der Waals surface area contributed by atoms with E-state index >= 15 is 0 Å². The topological polar surface area (TPSA) is 39.9 Å². The number of pyridine rings is 1. The lowest BCUT2D eigenvalue weighted by molar-refractivity contribution is 0.805. The van der Waals surface area contributed by atoms with Crippen molar-refractivity contribution in [2.24, 2.45) is 0 Å². The van der Waals surface area contributed by atoms with Gasteiger partial charge in [-0.15, -0.1) is 0 Å². The first kappa shape index (κ1) is 9.97. The summed E-state index contributed by atoms with van der Waals surface area (Å²) in [5.41, 5.74) is 1.62. The highest BCUT2D eigenvalue weighted by atomic mass is 15.2. The molecule has 0 unspecified atom stereocenters. The highest BCUT2D eigenvalue weighted by molar-refractivity contribution is 5.48. The molecule has 3 nitrogen and oxygen atoms in total. The van der Waals surface area contributed by atoms with Crippen LogP contribution in [0.4, 0.5) is 5.82 Å². The van der Waals surface area contributed by atoms with E-state index in [9.17, 15) is 0 Å². The van der Waals surface area contributed by atoms with Gasteiger partial charge in [-0.05, 0) is 38.8 Å². The van der Waals surface area contributed by atoms with E-state index in [4.69, 9.17) is 5.26 Å². The van der Waals surface area contributed by atoms with Gasteiger partial charge in [-0.25, -0.2) is 4.98 Å². The van der Waals surface area contributed by atoms with Crippen LogP contribution in [-0.4, -0.2) is 17.6 Å². The Bertz CT molecular complexity index is 402. The number of nitrogens with zero attached hydrogens (tertiary/aromatic N) is 3. The number of hydrogen-bond donors (Lipinski definition) is 0. The summed E-state index contributed by atoms with van der Waals surface area (Å²) < 4.78 is 0. The van der Waals surface area contributed by atoms with Crippen molar-refractivity contribution in [2.45, 2.75) is 32.7 Å². The molecule has 15 heavy (non-hydrogen) atoms. The van der Waals surface area contributed by atoms with Crippen molar-refractivity contribution in [3.63, 3.8) is 0 Å². The van der Waals surface area contributed by atoms with E-state index in [2.05, 4.69) is 22.9 Å². The molecule has 1 aromatic heterocycles. The van der Waals surface area contributed by atoms with Crippen molar-refractivity contribution in [1.82, 2.24) is 4.98 Å². The number of rotatable bonds is 3. The maximum atomic E-state index is 8.90. The molecule has 1 heterocycles. The first-order chi connectivity index (χ1) is 7.24. The predicted octanol–water partition coefficient (Wildman–Crippen LogP) is 2.25. The van der Waals surface area contributed by atoms with Gasteiger partial charge < -0.3 is 4.90 Å². The Hall–Kier alpha value is -1.56. The largest absolute Gasteiger partial charge is 0.354 e. The molecule has 0 aliphatic heterocycles. The molecule has 1 aromatic rings. The minimum absolute atomic E-state index is 0.649. The third kappa shape index (κ3) is 2.10. The first-order valence-corrected chi connectivity index (χ1v) is 5.40. The summed E-state index contributed by atoms with van der Waals surface area (Å²) in [6, 6.07) is 6.54. The van der Waals surface area contributed by atoms with E-state index in [-0.39, 0.29) is 0 Å². The minimum Gasteiger partial charge on any atom is -0.354 e. The number of anilines is 1. The highest BCUT2D eigenvalue weighted by Crippen LogP contribution is 2.30. The van der Waals surface area contributed by atoms with Crippen LogP contribution in [0.15, 0.2) is 12.1 Å². The van der Waals surface area contributed by atoms with Gasteiger partial charge in [-0.2, -0.15) is 5.26 Å². The number of nitriles is 1. The Labute approximate surface area is 90.4 Å². The molecular weight excluding hydrogens is 186 g/mol. The van der Waals surface area contributed by atoms with Gasteiger partial charge in [0.05, 0.1) is 11.6 Å². The third-order valence-electron chi connectivity index (χ3n) is 2.69. The molecule has 3 heteroatoms. The molecule has 0 saturated heterocycles. The summed E-state index contributed by atoms with van der Waals surface area (Å²) in [4.78, 5) is 6.77. The van der Waals surface area contributed by atoms with Crippen molar-refractivity contribution in [1.29, 1.82) is 5.26 Å². The second-order valence-electron chi connectivity index (χ2n) is 3.98. The molecule has 0 spiro atoms. The average molecular weight is 201 g/mol. The summed E-state index contributed by atoms with van der Waals surface area (Å²) in [6.45, 7) is 5.03. The molecule has 0 atom stereocenters. The lowest BCUT2D eigenvalue weighted by Gasteiger charge is -2.21. The summed E-state index contributed by atoms with van der Waals surface area (Å²) in [5.74, 6) is 0.955. The molecular formula is C12H15N3. The van der Waals surface area contributed by atoms with E-state index in [1.807, 2.05) is 19.1 Å². The molecule has 1 fully saturated rings. The summed E-state index contributed by atoms with van der Waals surface area (Å²) in [7, 11) is 0. The lowest BCUT2D eigenvalue weighted by Crippen LogP contribution is -2.26. The summed E-state index contributed by atoms with van der Waals surface area (Å²) in [6.07, 6.45) is 2.51. The molecule has 0 aromatic carbocycles. The zero-order valence-electron chi connectivity index (χ0n) is 9.20. The molecule has 0 amide bonds. The van der Waals surface area contributed by atoms with Crippen molar-refractivity contribution < 1.29 is 0 Å². The van der Waals surface area contributed by atoms with Crippen molar-refractivity contribution in [3.05, 3.63) is 23.4 Å². The Kier molecular flexibility index (Phi) is 2.59. The van der Waals surface area contributed by atoms with Gasteiger partial charge in [0.25, 0.3) is 0 Å². The van der Waals surface area contributed by atoms with Crippen LogP contribution in [0, 0.1) is 18.3 Å². The van der Waals surface area contributed by atoms with E-state index < -0.39 is 0 Å². The number of aryl methyl sites for hydroxylation is 1. The summed E-state index contributed by atoms with van der Waals surface area (Å²) in [5, 5.41) is 8.90. The fourth-order valence-corrected chi connectivity index (χ4v) is 1.86. The fraction of sp³-hybridized carbons (Fsp3) is 0.500. The molecule has 78 valence electrons. The smallest absolute Gasteiger partial charge is 0.130 e. The van der Waals surface area contributed by atoms with Crippen LogP contribution < -0.4 is 4.90 Å². The Morgan fingerprint density at radius 3 is 2.80 bits per heavy atom.